The fourth-order valence-corrected chi connectivity index (χ4v) is 2.77. The van der Waals surface area contributed by atoms with E-state index in [0.717, 1.165) is 23.0 Å². The lowest BCUT2D eigenvalue weighted by atomic mass is 10.1. The van der Waals surface area contributed by atoms with Crippen LogP contribution in [0.2, 0.25) is 0 Å². The Bertz CT molecular complexity index is 659. The van der Waals surface area contributed by atoms with Gasteiger partial charge in [-0.2, -0.15) is 0 Å². The van der Waals surface area contributed by atoms with Crippen molar-refractivity contribution in [2.45, 2.75) is 13.0 Å². The Morgan fingerprint density at radius 2 is 2.35 bits per heavy atom. The van der Waals surface area contributed by atoms with Crippen LogP contribution < -0.4 is 0 Å². The molecule has 1 fully saturated rings. The first-order valence-electron chi connectivity index (χ1n) is 6.62. The summed E-state index contributed by atoms with van der Waals surface area (Å²) in [5.41, 5.74) is 1.60. The Labute approximate surface area is 115 Å². The van der Waals surface area contributed by atoms with Crippen LogP contribution in [0.25, 0.3) is 10.9 Å². The zero-order valence-electron chi connectivity index (χ0n) is 10.9. The molecule has 1 N–H and O–H groups in total. The number of fused-ring (bicyclic) bond motifs is 1. The molecule has 2 aromatic rings. The van der Waals surface area contributed by atoms with Gasteiger partial charge in [-0.1, -0.05) is 6.07 Å². The fraction of sp³-hybridized carbons (Fsp3) is 0.333. The number of hydrogen-bond acceptors (Lipinski definition) is 3. The van der Waals surface area contributed by atoms with E-state index < -0.39 is 5.97 Å². The summed E-state index contributed by atoms with van der Waals surface area (Å²) in [6.45, 7) is 1.77. The van der Waals surface area contributed by atoms with Crippen LogP contribution in [0.5, 0.6) is 0 Å². The SMILES string of the molecule is O=C(O)C1CCN(Cc2cc(F)cc3cccnc23)C1. The molecule has 0 spiro atoms. The number of benzene rings is 1. The van der Waals surface area contributed by atoms with Gasteiger partial charge in [-0.05, 0) is 36.7 Å². The van der Waals surface area contributed by atoms with Crippen molar-refractivity contribution in [2.75, 3.05) is 13.1 Å². The minimum atomic E-state index is -0.755. The van der Waals surface area contributed by atoms with Crippen molar-refractivity contribution >= 4 is 16.9 Å². The van der Waals surface area contributed by atoms with E-state index in [1.54, 1.807) is 12.3 Å². The Balaban J connectivity index is 1.86. The van der Waals surface area contributed by atoms with Crippen LogP contribution in [0.15, 0.2) is 30.5 Å². The van der Waals surface area contributed by atoms with Crippen molar-refractivity contribution in [1.29, 1.82) is 0 Å². The number of likely N-dealkylation sites (tertiary alicyclic amines) is 1. The molecule has 0 aliphatic carbocycles. The summed E-state index contributed by atoms with van der Waals surface area (Å²) < 4.78 is 13.6. The van der Waals surface area contributed by atoms with Gasteiger partial charge in [0.1, 0.15) is 5.82 Å². The highest BCUT2D eigenvalue weighted by Crippen LogP contribution is 2.23. The van der Waals surface area contributed by atoms with Crippen LogP contribution in [0.3, 0.4) is 0 Å². The minimum absolute atomic E-state index is 0.283. The van der Waals surface area contributed by atoms with Crippen LogP contribution in [0.4, 0.5) is 4.39 Å². The molecule has 1 saturated heterocycles. The predicted octanol–water partition coefficient (Wildman–Crippen LogP) is 2.28. The average molecular weight is 274 g/mol. The fourth-order valence-electron chi connectivity index (χ4n) is 2.77. The second kappa shape index (κ2) is 5.17. The summed E-state index contributed by atoms with van der Waals surface area (Å²) in [7, 11) is 0. The van der Waals surface area contributed by atoms with Crippen molar-refractivity contribution in [3.05, 3.63) is 41.8 Å². The summed E-state index contributed by atoms with van der Waals surface area (Å²) in [5, 5.41) is 9.79. The Hall–Kier alpha value is -2.01. The van der Waals surface area contributed by atoms with E-state index in [0.29, 0.717) is 19.5 Å². The molecule has 0 radical (unpaired) electrons. The molecule has 1 aliphatic rings. The molecule has 20 heavy (non-hydrogen) atoms. The van der Waals surface area contributed by atoms with E-state index in [1.807, 2.05) is 11.0 Å². The van der Waals surface area contributed by atoms with Crippen molar-refractivity contribution in [3.8, 4) is 0 Å². The van der Waals surface area contributed by atoms with E-state index in [4.69, 9.17) is 5.11 Å². The van der Waals surface area contributed by atoms with Gasteiger partial charge in [0.25, 0.3) is 0 Å². The monoisotopic (exact) mass is 274 g/mol. The summed E-state index contributed by atoms with van der Waals surface area (Å²) in [5.74, 6) is -1.35. The summed E-state index contributed by atoms with van der Waals surface area (Å²) >= 11 is 0. The van der Waals surface area contributed by atoms with Crippen LogP contribution in [-0.4, -0.2) is 34.0 Å². The van der Waals surface area contributed by atoms with Crippen molar-refractivity contribution in [2.24, 2.45) is 5.92 Å². The van der Waals surface area contributed by atoms with Gasteiger partial charge < -0.3 is 5.11 Å². The lowest BCUT2D eigenvalue weighted by Crippen LogP contribution is -2.23. The van der Waals surface area contributed by atoms with Gasteiger partial charge in [0, 0.05) is 24.7 Å². The largest absolute Gasteiger partial charge is 0.481 e. The molecular formula is C15H15FN2O2. The maximum atomic E-state index is 13.6. The number of aromatic nitrogens is 1. The third kappa shape index (κ3) is 2.49. The van der Waals surface area contributed by atoms with Crippen LogP contribution >= 0.6 is 0 Å². The standard InChI is InChI=1S/C15H15FN2O2/c16-13-6-10-2-1-4-17-14(10)12(7-13)9-18-5-3-11(8-18)15(19)20/h1-2,4,6-7,11H,3,5,8-9H2,(H,19,20). The van der Waals surface area contributed by atoms with Crippen LogP contribution in [0.1, 0.15) is 12.0 Å². The minimum Gasteiger partial charge on any atom is -0.481 e. The van der Waals surface area contributed by atoms with Crippen LogP contribution in [-0.2, 0) is 11.3 Å². The molecule has 1 unspecified atom stereocenters. The third-order valence-electron chi connectivity index (χ3n) is 3.76. The van der Waals surface area contributed by atoms with E-state index in [9.17, 15) is 9.18 Å². The molecule has 1 atom stereocenters. The second-order valence-corrected chi connectivity index (χ2v) is 5.20. The van der Waals surface area contributed by atoms with E-state index in [1.165, 1.54) is 12.1 Å². The molecule has 5 heteroatoms. The number of hydrogen-bond donors (Lipinski definition) is 1. The Morgan fingerprint density at radius 1 is 1.50 bits per heavy atom. The number of carboxylic acids is 1. The van der Waals surface area contributed by atoms with Crippen molar-refractivity contribution in [1.82, 2.24) is 9.88 Å². The molecule has 3 rings (SSSR count). The molecule has 0 saturated carbocycles. The van der Waals surface area contributed by atoms with E-state index >= 15 is 0 Å². The van der Waals surface area contributed by atoms with Gasteiger partial charge in [0.15, 0.2) is 0 Å². The number of pyridine rings is 1. The third-order valence-corrected chi connectivity index (χ3v) is 3.76. The van der Waals surface area contributed by atoms with Gasteiger partial charge >= 0.3 is 5.97 Å². The normalized spacial score (nSPS) is 19.6. The predicted molar refractivity (Wildman–Crippen MR) is 72.7 cm³/mol. The average Bonchev–Trinajstić information content (AvgIpc) is 2.87. The lowest BCUT2D eigenvalue weighted by Gasteiger charge is -2.16. The summed E-state index contributed by atoms with van der Waals surface area (Å²) in [4.78, 5) is 17.3. The van der Waals surface area contributed by atoms with Gasteiger partial charge in [-0.15, -0.1) is 0 Å². The Morgan fingerprint density at radius 3 is 3.10 bits per heavy atom. The van der Waals surface area contributed by atoms with Crippen molar-refractivity contribution < 1.29 is 14.3 Å². The highest BCUT2D eigenvalue weighted by atomic mass is 19.1. The first kappa shape index (κ1) is 13.0. The molecule has 0 bridgehead atoms. The number of carboxylic acid groups (broad SMARTS) is 1. The molecule has 0 amide bonds. The number of aliphatic carboxylic acids is 1. The van der Waals surface area contributed by atoms with Gasteiger partial charge in [0.05, 0.1) is 11.4 Å². The first-order valence-corrected chi connectivity index (χ1v) is 6.62. The second-order valence-electron chi connectivity index (χ2n) is 5.20. The maximum Gasteiger partial charge on any atom is 0.307 e. The van der Waals surface area contributed by atoms with Gasteiger partial charge in [-0.3, -0.25) is 14.7 Å². The maximum absolute atomic E-state index is 13.6. The summed E-state index contributed by atoms with van der Waals surface area (Å²) in [6, 6.07) is 6.57. The quantitative estimate of drug-likeness (QED) is 0.933. The van der Waals surface area contributed by atoms with Crippen molar-refractivity contribution in [3.63, 3.8) is 0 Å². The molecule has 2 heterocycles. The highest BCUT2D eigenvalue weighted by molar-refractivity contribution is 5.81. The first-order chi connectivity index (χ1) is 9.63. The number of nitrogens with zero attached hydrogens (tertiary/aromatic N) is 2. The van der Waals surface area contributed by atoms with Crippen LogP contribution in [0, 0.1) is 11.7 Å². The molecular weight excluding hydrogens is 259 g/mol. The molecule has 1 aliphatic heterocycles. The molecule has 1 aromatic heterocycles. The number of carbonyl (C=O) groups is 1. The smallest absolute Gasteiger partial charge is 0.307 e. The van der Waals surface area contributed by atoms with Gasteiger partial charge in [-0.25, -0.2) is 4.39 Å². The zero-order valence-corrected chi connectivity index (χ0v) is 10.9. The van der Waals surface area contributed by atoms with Gasteiger partial charge in [0.2, 0.25) is 0 Å². The Kier molecular flexibility index (Phi) is 3.36. The number of rotatable bonds is 3. The van der Waals surface area contributed by atoms with E-state index in [-0.39, 0.29) is 11.7 Å². The van der Waals surface area contributed by atoms with E-state index in [2.05, 4.69) is 4.98 Å². The zero-order chi connectivity index (χ0) is 14.1. The highest BCUT2D eigenvalue weighted by Gasteiger charge is 2.28. The number of halogens is 1. The lowest BCUT2D eigenvalue weighted by molar-refractivity contribution is -0.141. The molecule has 4 nitrogen and oxygen atoms in total. The molecule has 104 valence electrons. The topological polar surface area (TPSA) is 53.4 Å². The summed E-state index contributed by atoms with van der Waals surface area (Å²) in [6.07, 6.45) is 2.34. The molecule has 1 aromatic carbocycles.